The van der Waals surface area contributed by atoms with Gasteiger partial charge >= 0.3 is 0 Å². The molecule has 0 radical (unpaired) electrons. The van der Waals surface area contributed by atoms with Crippen molar-refractivity contribution in [2.75, 3.05) is 0 Å². The van der Waals surface area contributed by atoms with Crippen molar-refractivity contribution in [2.45, 2.75) is 26.3 Å². The largest absolute Gasteiger partial charge is 0.435 e. The van der Waals surface area contributed by atoms with Crippen molar-refractivity contribution in [1.82, 2.24) is 20.0 Å². The molecule has 22 heavy (non-hydrogen) atoms. The standard InChI is InChI=1S/C15H14ClFN4O/c1-15(2,3)21-8-10(19-20-21)7-11(16)14-18-12-6-9(17)4-5-13(12)22-14/h4-8H,1-3H3/b11-7+. The molecule has 5 nitrogen and oxygen atoms in total. The molecule has 0 aliphatic rings. The summed E-state index contributed by atoms with van der Waals surface area (Å²) in [6, 6.07) is 4.12. The molecular weight excluding hydrogens is 307 g/mol. The monoisotopic (exact) mass is 320 g/mol. The van der Waals surface area contributed by atoms with Crippen molar-refractivity contribution in [3.8, 4) is 0 Å². The molecule has 0 spiro atoms. The zero-order valence-electron chi connectivity index (χ0n) is 12.3. The fraction of sp³-hybridized carbons (Fsp3) is 0.267. The van der Waals surface area contributed by atoms with Crippen LogP contribution >= 0.6 is 11.6 Å². The Morgan fingerprint density at radius 2 is 2.14 bits per heavy atom. The number of nitrogens with zero attached hydrogens (tertiary/aromatic N) is 4. The van der Waals surface area contributed by atoms with Crippen LogP contribution in [-0.4, -0.2) is 20.0 Å². The van der Waals surface area contributed by atoms with Crippen LogP contribution in [0.4, 0.5) is 4.39 Å². The molecule has 2 heterocycles. The van der Waals surface area contributed by atoms with Crippen LogP contribution in [-0.2, 0) is 5.54 Å². The van der Waals surface area contributed by atoms with E-state index in [0.717, 1.165) is 0 Å². The summed E-state index contributed by atoms with van der Waals surface area (Å²) < 4.78 is 20.4. The van der Waals surface area contributed by atoms with Crippen molar-refractivity contribution in [1.29, 1.82) is 0 Å². The van der Waals surface area contributed by atoms with Gasteiger partial charge in [0.2, 0.25) is 5.89 Å². The van der Waals surface area contributed by atoms with E-state index in [1.165, 1.54) is 18.2 Å². The Bertz CT molecular complexity index is 860. The van der Waals surface area contributed by atoms with Crippen LogP contribution in [0.15, 0.2) is 28.8 Å². The Balaban J connectivity index is 1.94. The Kier molecular flexibility index (Phi) is 3.48. The minimum absolute atomic E-state index is 0.166. The van der Waals surface area contributed by atoms with E-state index in [4.69, 9.17) is 16.0 Å². The van der Waals surface area contributed by atoms with Crippen molar-refractivity contribution in [3.63, 3.8) is 0 Å². The zero-order chi connectivity index (χ0) is 15.9. The van der Waals surface area contributed by atoms with Crippen molar-refractivity contribution in [3.05, 3.63) is 41.8 Å². The second-order valence-electron chi connectivity index (χ2n) is 5.88. The van der Waals surface area contributed by atoms with E-state index < -0.39 is 0 Å². The van der Waals surface area contributed by atoms with Crippen molar-refractivity contribution in [2.24, 2.45) is 0 Å². The number of hydrogen-bond donors (Lipinski definition) is 0. The Labute approximate surface area is 131 Å². The van der Waals surface area contributed by atoms with Crippen LogP contribution in [0, 0.1) is 5.82 Å². The maximum absolute atomic E-state index is 13.2. The lowest BCUT2D eigenvalue weighted by Gasteiger charge is -2.17. The third-order valence-electron chi connectivity index (χ3n) is 3.03. The number of benzene rings is 1. The third-order valence-corrected chi connectivity index (χ3v) is 3.30. The molecule has 0 saturated heterocycles. The van der Waals surface area contributed by atoms with Crippen LogP contribution in [0.1, 0.15) is 32.4 Å². The van der Waals surface area contributed by atoms with Gasteiger partial charge < -0.3 is 4.42 Å². The smallest absolute Gasteiger partial charge is 0.239 e. The highest BCUT2D eigenvalue weighted by Gasteiger charge is 2.15. The quantitative estimate of drug-likeness (QED) is 0.714. The average molecular weight is 321 g/mol. The summed E-state index contributed by atoms with van der Waals surface area (Å²) in [4.78, 5) is 4.16. The SMILES string of the molecule is CC(C)(C)n1cc(/C=C(/Cl)c2nc3cc(F)ccc3o2)nn1. The molecule has 1 aromatic carbocycles. The second kappa shape index (κ2) is 5.21. The predicted octanol–water partition coefficient (Wildman–Crippen LogP) is 4.05. The molecule has 0 atom stereocenters. The number of halogens is 2. The van der Waals surface area contributed by atoms with Gasteiger partial charge in [0, 0.05) is 6.07 Å². The number of rotatable bonds is 2. The Morgan fingerprint density at radius 1 is 1.36 bits per heavy atom. The van der Waals surface area contributed by atoms with E-state index in [2.05, 4.69) is 15.3 Å². The van der Waals surface area contributed by atoms with Gasteiger partial charge in [0.05, 0.1) is 11.7 Å². The van der Waals surface area contributed by atoms with Gasteiger partial charge in [0.15, 0.2) is 5.58 Å². The molecule has 0 aliphatic carbocycles. The molecule has 0 bridgehead atoms. The average Bonchev–Trinajstić information content (AvgIpc) is 3.03. The van der Waals surface area contributed by atoms with Crippen molar-refractivity contribution >= 4 is 33.8 Å². The molecule has 0 N–H and O–H groups in total. The van der Waals surface area contributed by atoms with Crippen LogP contribution < -0.4 is 0 Å². The van der Waals surface area contributed by atoms with Crippen LogP contribution in [0.5, 0.6) is 0 Å². The summed E-state index contributed by atoms with van der Waals surface area (Å²) >= 11 is 6.21. The van der Waals surface area contributed by atoms with E-state index in [1.54, 1.807) is 17.0 Å². The van der Waals surface area contributed by atoms with Gasteiger partial charge in [-0.15, -0.1) is 5.10 Å². The summed E-state index contributed by atoms with van der Waals surface area (Å²) in [5.74, 6) is -0.159. The van der Waals surface area contributed by atoms with E-state index in [0.29, 0.717) is 16.8 Å². The molecule has 7 heteroatoms. The van der Waals surface area contributed by atoms with E-state index in [9.17, 15) is 4.39 Å². The Morgan fingerprint density at radius 3 is 2.82 bits per heavy atom. The van der Waals surface area contributed by atoms with Gasteiger partial charge in [0.1, 0.15) is 22.1 Å². The summed E-state index contributed by atoms with van der Waals surface area (Å²) in [6.07, 6.45) is 3.39. The summed E-state index contributed by atoms with van der Waals surface area (Å²) in [5, 5.41) is 8.37. The predicted molar refractivity (Wildman–Crippen MR) is 82.7 cm³/mol. The minimum atomic E-state index is -0.374. The number of fused-ring (bicyclic) bond motifs is 1. The Hall–Kier alpha value is -2.21. The molecule has 3 aromatic rings. The molecule has 0 amide bonds. The first-order valence-corrected chi connectivity index (χ1v) is 7.07. The molecule has 2 aromatic heterocycles. The highest BCUT2D eigenvalue weighted by Crippen LogP contribution is 2.26. The molecule has 114 valence electrons. The maximum Gasteiger partial charge on any atom is 0.239 e. The molecular formula is C15H14ClFN4O. The highest BCUT2D eigenvalue weighted by molar-refractivity contribution is 6.50. The molecule has 0 saturated carbocycles. The maximum atomic E-state index is 13.2. The number of oxazole rings is 1. The number of aromatic nitrogens is 4. The normalized spacial score (nSPS) is 13.0. The lowest BCUT2D eigenvalue weighted by molar-refractivity contribution is 0.347. The first kappa shape index (κ1) is 14.7. The van der Waals surface area contributed by atoms with E-state index in [1.807, 2.05) is 20.8 Å². The lowest BCUT2D eigenvalue weighted by Crippen LogP contribution is -2.22. The second-order valence-corrected chi connectivity index (χ2v) is 6.29. The van der Waals surface area contributed by atoms with Crippen molar-refractivity contribution < 1.29 is 8.81 Å². The third kappa shape index (κ3) is 2.87. The van der Waals surface area contributed by atoms with Gasteiger partial charge in [0.25, 0.3) is 0 Å². The number of hydrogen-bond acceptors (Lipinski definition) is 4. The summed E-state index contributed by atoms with van der Waals surface area (Å²) in [5.41, 5.74) is 1.32. The van der Waals surface area contributed by atoms with Gasteiger partial charge in [-0.1, -0.05) is 16.8 Å². The zero-order valence-corrected chi connectivity index (χ0v) is 13.1. The van der Waals surface area contributed by atoms with Gasteiger partial charge in [-0.05, 0) is 39.0 Å². The molecule has 0 aliphatic heterocycles. The van der Waals surface area contributed by atoms with Crippen LogP contribution in [0.3, 0.4) is 0 Å². The van der Waals surface area contributed by atoms with Crippen LogP contribution in [0.25, 0.3) is 22.2 Å². The fourth-order valence-electron chi connectivity index (χ4n) is 1.87. The van der Waals surface area contributed by atoms with Gasteiger partial charge in [-0.25, -0.2) is 14.1 Å². The summed E-state index contributed by atoms with van der Waals surface area (Å²) in [6.45, 7) is 6.06. The first-order chi connectivity index (χ1) is 10.3. The molecule has 3 rings (SSSR count). The molecule has 0 unspecified atom stereocenters. The highest BCUT2D eigenvalue weighted by atomic mass is 35.5. The minimum Gasteiger partial charge on any atom is -0.435 e. The van der Waals surface area contributed by atoms with Crippen LogP contribution in [0.2, 0.25) is 0 Å². The van der Waals surface area contributed by atoms with E-state index in [-0.39, 0.29) is 22.3 Å². The summed E-state index contributed by atoms with van der Waals surface area (Å²) in [7, 11) is 0. The van der Waals surface area contributed by atoms with E-state index >= 15 is 0 Å². The van der Waals surface area contributed by atoms with Gasteiger partial charge in [-0.2, -0.15) is 0 Å². The van der Waals surface area contributed by atoms with Gasteiger partial charge in [-0.3, -0.25) is 0 Å². The fourth-order valence-corrected chi connectivity index (χ4v) is 2.06. The molecule has 0 fully saturated rings. The lowest BCUT2D eigenvalue weighted by atomic mass is 10.1. The topological polar surface area (TPSA) is 56.7 Å². The first-order valence-electron chi connectivity index (χ1n) is 6.69.